The Hall–Kier alpha value is 0.490. The van der Waals surface area contributed by atoms with Gasteiger partial charge in [-0.3, -0.25) is 0 Å². The highest BCUT2D eigenvalue weighted by Crippen LogP contribution is 2.24. The van der Waals surface area contributed by atoms with E-state index in [9.17, 15) is 0 Å². The van der Waals surface area contributed by atoms with Crippen molar-refractivity contribution in [3.63, 3.8) is 0 Å². The normalized spacial score (nSPS) is 13.3. The highest BCUT2D eigenvalue weighted by atomic mass is 79.9. The van der Waals surface area contributed by atoms with Crippen LogP contribution in [-0.4, -0.2) is 24.6 Å². The topological polar surface area (TPSA) is 12.0 Å². The van der Waals surface area contributed by atoms with E-state index in [1.807, 2.05) is 23.1 Å². The summed E-state index contributed by atoms with van der Waals surface area (Å²) in [6, 6.07) is 2.72. The molecule has 4 heteroatoms. The lowest BCUT2D eigenvalue weighted by molar-refractivity contribution is 0.619. The maximum atomic E-state index is 3.59. The molecule has 0 radical (unpaired) electrons. The molecular formula is C12H20BrNS2. The van der Waals surface area contributed by atoms with Crippen LogP contribution in [0.2, 0.25) is 0 Å². The second-order valence-corrected chi connectivity index (χ2v) is 7.24. The van der Waals surface area contributed by atoms with E-state index in [0.29, 0.717) is 6.04 Å². The van der Waals surface area contributed by atoms with Gasteiger partial charge in [0.2, 0.25) is 0 Å². The van der Waals surface area contributed by atoms with Crippen molar-refractivity contribution in [2.24, 2.45) is 5.92 Å². The molecule has 0 saturated carbocycles. The third-order valence-electron chi connectivity index (χ3n) is 2.30. The van der Waals surface area contributed by atoms with Crippen LogP contribution >= 0.6 is 39.0 Å². The zero-order valence-corrected chi connectivity index (χ0v) is 13.3. The number of likely N-dealkylation sites (N-methyl/N-ethyl adjacent to an activating group) is 1. The second kappa shape index (κ2) is 7.75. The lowest BCUT2D eigenvalue weighted by Gasteiger charge is -2.16. The average Bonchev–Trinajstić information content (AvgIpc) is 2.62. The van der Waals surface area contributed by atoms with Crippen LogP contribution in [-0.2, 0) is 6.42 Å². The number of thiophene rings is 1. The van der Waals surface area contributed by atoms with Crippen LogP contribution in [0.4, 0.5) is 0 Å². The zero-order chi connectivity index (χ0) is 12.0. The predicted octanol–water partition coefficient (Wildman–Crippen LogP) is 4.03. The molecule has 1 atom stereocenters. The van der Waals surface area contributed by atoms with Gasteiger partial charge in [0.25, 0.3) is 0 Å². The molecule has 0 aromatic carbocycles. The lowest BCUT2D eigenvalue weighted by atomic mass is 10.2. The molecule has 1 aromatic heterocycles. The SMILES string of the molecule is CNC(CSCC(C)C)Cc1sccc1Br. The Bertz CT molecular complexity index is 299. The van der Waals surface area contributed by atoms with Gasteiger partial charge in [0, 0.05) is 21.1 Å². The average molecular weight is 322 g/mol. The Morgan fingerprint density at radius 1 is 1.44 bits per heavy atom. The van der Waals surface area contributed by atoms with E-state index in [0.717, 1.165) is 12.3 Å². The van der Waals surface area contributed by atoms with E-state index in [1.54, 1.807) is 0 Å². The zero-order valence-electron chi connectivity index (χ0n) is 10.1. The Balaban J connectivity index is 2.35. The molecule has 1 heterocycles. The molecule has 1 unspecified atom stereocenters. The smallest absolute Gasteiger partial charge is 0.0314 e. The van der Waals surface area contributed by atoms with Gasteiger partial charge in [-0.2, -0.15) is 11.8 Å². The maximum absolute atomic E-state index is 3.59. The minimum atomic E-state index is 0.582. The van der Waals surface area contributed by atoms with Crippen molar-refractivity contribution in [3.8, 4) is 0 Å². The summed E-state index contributed by atoms with van der Waals surface area (Å²) in [6.45, 7) is 4.55. The molecule has 1 rings (SSSR count). The van der Waals surface area contributed by atoms with E-state index in [1.165, 1.54) is 20.9 Å². The van der Waals surface area contributed by atoms with Crippen LogP contribution in [0.3, 0.4) is 0 Å². The molecule has 0 aliphatic heterocycles. The van der Waals surface area contributed by atoms with Gasteiger partial charge in [-0.05, 0) is 52.5 Å². The fraction of sp³-hybridized carbons (Fsp3) is 0.667. The molecule has 0 aliphatic carbocycles. The van der Waals surface area contributed by atoms with Crippen LogP contribution in [0.1, 0.15) is 18.7 Å². The van der Waals surface area contributed by atoms with Crippen molar-refractivity contribution in [1.29, 1.82) is 0 Å². The van der Waals surface area contributed by atoms with Crippen LogP contribution in [0.15, 0.2) is 15.9 Å². The monoisotopic (exact) mass is 321 g/mol. The van der Waals surface area contributed by atoms with Gasteiger partial charge in [0.15, 0.2) is 0 Å². The first-order chi connectivity index (χ1) is 7.63. The van der Waals surface area contributed by atoms with Crippen molar-refractivity contribution in [1.82, 2.24) is 5.32 Å². The predicted molar refractivity (Wildman–Crippen MR) is 80.7 cm³/mol. The molecule has 16 heavy (non-hydrogen) atoms. The number of halogens is 1. The first-order valence-electron chi connectivity index (χ1n) is 5.60. The maximum Gasteiger partial charge on any atom is 0.0314 e. The summed E-state index contributed by atoms with van der Waals surface area (Å²) in [5.41, 5.74) is 0. The fourth-order valence-electron chi connectivity index (χ4n) is 1.38. The molecule has 1 N–H and O–H groups in total. The van der Waals surface area contributed by atoms with Crippen LogP contribution < -0.4 is 5.32 Å². The molecule has 0 aliphatic rings. The van der Waals surface area contributed by atoms with Crippen molar-refractivity contribution >= 4 is 39.0 Å². The minimum Gasteiger partial charge on any atom is -0.316 e. The summed E-state index contributed by atoms with van der Waals surface area (Å²) in [5, 5.41) is 5.55. The largest absolute Gasteiger partial charge is 0.316 e. The van der Waals surface area contributed by atoms with E-state index in [2.05, 4.69) is 53.6 Å². The second-order valence-electron chi connectivity index (χ2n) is 4.31. The van der Waals surface area contributed by atoms with Gasteiger partial charge in [-0.25, -0.2) is 0 Å². The third kappa shape index (κ3) is 5.21. The van der Waals surface area contributed by atoms with Crippen molar-refractivity contribution in [2.45, 2.75) is 26.3 Å². The summed E-state index contributed by atoms with van der Waals surface area (Å²) in [4.78, 5) is 1.45. The van der Waals surface area contributed by atoms with Crippen LogP contribution in [0.5, 0.6) is 0 Å². The Kier molecular flexibility index (Phi) is 7.04. The van der Waals surface area contributed by atoms with Crippen molar-refractivity contribution in [2.75, 3.05) is 18.6 Å². The number of hydrogen-bond donors (Lipinski definition) is 1. The fourth-order valence-corrected chi connectivity index (χ4v) is 4.16. The lowest BCUT2D eigenvalue weighted by Crippen LogP contribution is -2.30. The summed E-state index contributed by atoms with van der Waals surface area (Å²) >= 11 is 7.48. The molecular weight excluding hydrogens is 302 g/mol. The number of hydrogen-bond acceptors (Lipinski definition) is 3. The van der Waals surface area contributed by atoms with Crippen molar-refractivity contribution < 1.29 is 0 Å². The van der Waals surface area contributed by atoms with Gasteiger partial charge in [-0.1, -0.05) is 13.8 Å². The highest BCUT2D eigenvalue weighted by Gasteiger charge is 2.11. The van der Waals surface area contributed by atoms with Crippen LogP contribution in [0, 0.1) is 5.92 Å². The van der Waals surface area contributed by atoms with Crippen LogP contribution in [0.25, 0.3) is 0 Å². The molecule has 1 nitrogen and oxygen atoms in total. The van der Waals surface area contributed by atoms with Gasteiger partial charge < -0.3 is 5.32 Å². The Morgan fingerprint density at radius 3 is 2.69 bits per heavy atom. The van der Waals surface area contributed by atoms with Gasteiger partial charge in [0.1, 0.15) is 0 Å². The van der Waals surface area contributed by atoms with E-state index >= 15 is 0 Å². The van der Waals surface area contributed by atoms with Gasteiger partial charge >= 0.3 is 0 Å². The first kappa shape index (κ1) is 14.6. The molecule has 0 fully saturated rings. The molecule has 0 bridgehead atoms. The Labute approximate surface area is 116 Å². The number of rotatable bonds is 7. The molecule has 0 amide bonds. The van der Waals surface area contributed by atoms with Crippen molar-refractivity contribution in [3.05, 3.63) is 20.8 Å². The van der Waals surface area contributed by atoms with E-state index in [-0.39, 0.29) is 0 Å². The molecule has 92 valence electrons. The van der Waals surface area contributed by atoms with Gasteiger partial charge in [-0.15, -0.1) is 11.3 Å². The van der Waals surface area contributed by atoms with E-state index < -0.39 is 0 Å². The standard InChI is InChI=1S/C12H20BrNS2/c1-9(2)7-15-8-10(14-3)6-12-11(13)4-5-16-12/h4-5,9-10,14H,6-8H2,1-3H3. The molecule has 0 saturated heterocycles. The van der Waals surface area contributed by atoms with Gasteiger partial charge in [0.05, 0.1) is 0 Å². The molecule has 0 spiro atoms. The third-order valence-corrected chi connectivity index (χ3v) is 5.79. The summed E-state index contributed by atoms with van der Waals surface area (Å²) in [5.74, 6) is 3.24. The summed E-state index contributed by atoms with van der Waals surface area (Å²) in [6.07, 6.45) is 1.12. The first-order valence-corrected chi connectivity index (χ1v) is 8.43. The number of nitrogens with one attached hydrogen (secondary N) is 1. The quantitative estimate of drug-likeness (QED) is 0.813. The highest BCUT2D eigenvalue weighted by molar-refractivity contribution is 9.10. The summed E-state index contributed by atoms with van der Waals surface area (Å²) in [7, 11) is 2.06. The molecule has 1 aromatic rings. The van der Waals surface area contributed by atoms with E-state index in [4.69, 9.17) is 0 Å². The number of thioether (sulfide) groups is 1. The summed E-state index contributed by atoms with van der Waals surface area (Å²) < 4.78 is 1.26. The Morgan fingerprint density at radius 2 is 2.19 bits per heavy atom. The minimum absolute atomic E-state index is 0.582.